The molecule has 4 rings (SSSR count). The number of rotatable bonds is 7. The predicted octanol–water partition coefficient (Wildman–Crippen LogP) is 4.75. The van der Waals surface area contributed by atoms with Crippen molar-refractivity contribution >= 4 is 27.5 Å². The predicted molar refractivity (Wildman–Crippen MR) is 122 cm³/mol. The van der Waals surface area contributed by atoms with Crippen LogP contribution in [0.3, 0.4) is 0 Å². The van der Waals surface area contributed by atoms with Crippen LogP contribution in [0.15, 0.2) is 57.5 Å². The molecule has 0 aliphatic carbocycles. The minimum absolute atomic E-state index is 0.0266. The molecule has 3 aromatic rings. The molecule has 162 valence electrons. The summed E-state index contributed by atoms with van der Waals surface area (Å²) in [5.74, 6) is 1.82. The fourth-order valence-corrected chi connectivity index (χ4v) is 4.14. The van der Waals surface area contributed by atoms with E-state index in [0.29, 0.717) is 31.4 Å². The van der Waals surface area contributed by atoms with Crippen molar-refractivity contribution in [1.29, 1.82) is 0 Å². The Morgan fingerprint density at radius 3 is 3.00 bits per heavy atom. The lowest BCUT2D eigenvalue weighted by molar-refractivity contribution is -0.121. The van der Waals surface area contributed by atoms with Crippen LogP contribution in [0.25, 0.3) is 11.4 Å². The number of carbonyl (C=O) groups excluding carboxylic acids is 1. The number of likely N-dealkylation sites (tertiary alicyclic amines) is 1. The molecule has 1 aliphatic rings. The average molecular weight is 485 g/mol. The van der Waals surface area contributed by atoms with Crippen molar-refractivity contribution in [3.05, 3.63) is 58.9 Å². The monoisotopic (exact) mass is 484 g/mol. The fourth-order valence-electron chi connectivity index (χ4n) is 3.74. The molecule has 0 saturated carbocycles. The van der Waals surface area contributed by atoms with Crippen LogP contribution in [0, 0.1) is 5.92 Å². The number of hydrogen-bond donors (Lipinski definition) is 1. The van der Waals surface area contributed by atoms with Crippen LogP contribution < -0.4 is 10.1 Å². The van der Waals surface area contributed by atoms with E-state index in [2.05, 4.69) is 36.3 Å². The largest absolute Gasteiger partial charge is 0.494 e. The van der Waals surface area contributed by atoms with Gasteiger partial charge in [0.2, 0.25) is 17.6 Å². The molecule has 7 nitrogen and oxygen atoms in total. The van der Waals surface area contributed by atoms with Crippen molar-refractivity contribution in [2.75, 3.05) is 25.0 Å². The van der Waals surface area contributed by atoms with Crippen molar-refractivity contribution in [2.24, 2.45) is 5.92 Å². The van der Waals surface area contributed by atoms with E-state index in [1.54, 1.807) is 0 Å². The highest BCUT2D eigenvalue weighted by Gasteiger charge is 2.27. The molecule has 1 amide bonds. The summed E-state index contributed by atoms with van der Waals surface area (Å²) >= 11 is 3.46. The molecule has 0 radical (unpaired) electrons. The first-order valence-corrected chi connectivity index (χ1v) is 11.2. The quantitative estimate of drug-likeness (QED) is 0.521. The number of piperidine rings is 1. The number of nitrogens with zero attached hydrogens (tertiary/aromatic N) is 3. The molecule has 1 aliphatic heterocycles. The zero-order valence-corrected chi connectivity index (χ0v) is 19.0. The lowest BCUT2D eigenvalue weighted by Gasteiger charge is -2.30. The van der Waals surface area contributed by atoms with E-state index in [0.717, 1.165) is 40.9 Å². The van der Waals surface area contributed by atoms with Crippen LogP contribution in [-0.4, -0.2) is 40.6 Å². The van der Waals surface area contributed by atoms with Gasteiger partial charge < -0.3 is 14.6 Å². The number of halogens is 1. The third-order valence-corrected chi connectivity index (χ3v) is 5.69. The van der Waals surface area contributed by atoms with Crippen molar-refractivity contribution in [2.45, 2.75) is 26.3 Å². The van der Waals surface area contributed by atoms with Gasteiger partial charge in [0, 0.05) is 28.3 Å². The molecule has 1 N–H and O–H groups in total. The lowest BCUT2D eigenvalue weighted by atomic mass is 9.97. The van der Waals surface area contributed by atoms with E-state index in [1.807, 2.05) is 55.5 Å². The molecule has 1 fully saturated rings. The van der Waals surface area contributed by atoms with Crippen LogP contribution in [0.1, 0.15) is 25.7 Å². The summed E-state index contributed by atoms with van der Waals surface area (Å²) < 4.78 is 11.9. The van der Waals surface area contributed by atoms with Gasteiger partial charge >= 0.3 is 0 Å². The van der Waals surface area contributed by atoms with Gasteiger partial charge in [-0.15, -0.1) is 0 Å². The summed E-state index contributed by atoms with van der Waals surface area (Å²) in [7, 11) is 0. The van der Waals surface area contributed by atoms with Crippen molar-refractivity contribution < 1.29 is 14.1 Å². The molecular formula is C23H25BrN4O3. The first-order chi connectivity index (χ1) is 15.1. The summed E-state index contributed by atoms with van der Waals surface area (Å²) in [4.78, 5) is 19.5. The third kappa shape index (κ3) is 5.71. The number of aromatic nitrogens is 2. The zero-order valence-electron chi connectivity index (χ0n) is 17.4. The van der Waals surface area contributed by atoms with Crippen LogP contribution in [0.4, 0.5) is 5.69 Å². The van der Waals surface area contributed by atoms with Gasteiger partial charge in [0.25, 0.3) is 0 Å². The number of nitrogens with one attached hydrogen (secondary N) is 1. The smallest absolute Gasteiger partial charge is 0.241 e. The minimum Gasteiger partial charge on any atom is -0.494 e. The van der Waals surface area contributed by atoms with Crippen molar-refractivity contribution in [1.82, 2.24) is 15.0 Å². The maximum Gasteiger partial charge on any atom is 0.241 e. The van der Waals surface area contributed by atoms with E-state index in [4.69, 9.17) is 9.26 Å². The summed E-state index contributed by atoms with van der Waals surface area (Å²) in [6, 6.07) is 15.3. The Kier molecular flexibility index (Phi) is 6.99. The molecular weight excluding hydrogens is 460 g/mol. The van der Waals surface area contributed by atoms with E-state index < -0.39 is 0 Å². The van der Waals surface area contributed by atoms with E-state index in [9.17, 15) is 4.79 Å². The number of carbonyl (C=O) groups is 1. The van der Waals surface area contributed by atoms with Crippen molar-refractivity contribution in [3.63, 3.8) is 0 Å². The molecule has 1 saturated heterocycles. The first kappa shape index (κ1) is 21.5. The van der Waals surface area contributed by atoms with Crippen LogP contribution in [0.2, 0.25) is 0 Å². The van der Waals surface area contributed by atoms with Crippen molar-refractivity contribution in [3.8, 4) is 17.1 Å². The van der Waals surface area contributed by atoms with Gasteiger partial charge in [-0.25, -0.2) is 0 Å². The van der Waals surface area contributed by atoms with Gasteiger partial charge in [-0.05, 0) is 50.6 Å². The third-order valence-electron chi connectivity index (χ3n) is 5.20. The zero-order chi connectivity index (χ0) is 21.6. The summed E-state index contributed by atoms with van der Waals surface area (Å²) in [6.45, 7) is 4.62. The summed E-state index contributed by atoms with van der Waals surface area (Å²) in [5.41, 5.74) is 1.65. The van der Waals surface area contributed by atoms with Gasteiger partial charge in [-0.3, -0.25) is 9.69 Å². The molecule has 31 heavy (non-hydrogen) atoms. The normalized spacial score (nSPS) is 16.8. The SMILES string of the molecule is CCOc1cccc(NC(=O)C2CCCN(Cc3nc(-c4cccc(Br)c4)no3)C2)c1. The Hall–Kier alpha value is -2.71. The highest BCUT2D eigenvalue weighted by molar-refractivity contribution is 9.10. The van der Waals surface area contributed by atoms with Crippen LogP contribution in [0.5, 0.6) is 5.75 Å². The summed E-state index contributed by atoms with van der Waals surface area (Å²) in [5, 5.41) is 7.13. The van der Waals surface area contributed by atoms with Gasteiger partial charge in [0.05, 0.1) is 19.1 Å². The Labute approximate surface area is 189 Å². The second-order valence-electron chi connectivity index (χ2n) is 7.55. The van der Waals surface area contributed by atoms with Crippen LogP contribution in [-0.2, 0) is 11.3 Å². The molecule has 1 atom stereocenters. The number of benzene rings is 2. The maximum absolute atomic E-state index is 12.8. The second kappa shape index (κ2) is 10.1. The molecule has 1 unspecified atom stereocenters. The highest BCUT2D eigenvalue weighted by Crippen LogP contribution is 2.24. The van der Waals surface area contributed by atoms with Crippen LogP contribution >= 0.6 is 15.9 Å². The topological polar surface area (TPSA) is 80.5 Å². The standard InChI is InChI=1S/C23H25BrN4O3/c1-2-30-20-10-4-9-19(13-20)25-23(29)17-7-5-11-28(14-17)15-21-26-22(27-31-21)16-6-3-8-18(24)12-16/h3-4,6,8-10,12-13,17H,2,5,7,11,14-15H2,1H3,(H,25,29). The molecule has 2 heterocycles. The van der Waals surface area contributed by atoms with E-state index >= 15 is 0 Å². The fraction of sp³-hybridized carbons (Fsp3) is 0.348. The highest BCUT2D eigenvalue weighted by atomic mass is 79.9. The molecule has 8 heteroatoms. The Morgan fingerprint density at radius 2 is 2.16 bits per heavy atom. The van der Waals surface area contributed by atoms with Gasteiger partial charge in [0.1, 0.15) is 5.75 Å². The average Bonchev–Trinajstić information content (AvgIpc) is 3.23. The maximum atomic E-state index is 12.8. The Balaban J connectivity index is 1.35. The van der Waals surface area contributed by atoms with Gasteiger partial charge in [-0.1, -0.05) is 39.3 Å². The number of ether oxygens (including phenoxy) is 1. The first-order valence-electron chi connectivity index (χ1n) is 10.5. The summed E-state index contributed by atoms with van der Waals surface area (Å²) in [6.07, 6.45) is 1.81. The van der Waals surface area contributed by atoms with Gasteiger partial charge in [-0.2, -0.15) is 4.98 Å². The number of amides is 1. The molecule has 1 aromatic heterocycles. The van der Waals surface area contributed by atoms with E-state index in [1.165, 1.54) is 0 Å². The number of hydrogen-bond acceptors (Lipinski definition) is 6. The lowest BCUT2D eigenvalue weighted by Crippen LogP contribution is -2.40. The second-order valence-corrected chi connectivity index (χ2v) is 8.46. The molecule has 0 bridgehead atoms. The minimum atomic E-state index is -0.0861. The van der Waals surface area contributed by atoms with E-state index in [-0.39, 0.29) is 11.8 Å². The molecule has 0 spiro atoms. The molecule has 2 aromatic carbocycles. The Morgan fingerprint density at radius 1 is 1.29 bits per heavy atom. The number of anilines is 1. The Bertz CT molecular complexity index is 1040. The van der Waals surface area contributed by atoms with Gasteiger partial charge in [0.15, 0.2) is 0 Å².